The van der Waals surface area contributed by atoms with Crippen LogP contribution in [0, 0.1) is 30.0 Å². The lowest BCUT2D eigenvalue weighted by atomic mass is 10.0. The number of pyridine rings is 1. The first-order valence-corrected chi connectivity index (χ1v) is 8.91. The van der Waals surface area contributed by atoms with Crippen LogP contribution in [0.15, 0.2) is 67.0 Å². The molecule has 0 fully saturated rings. The predicted octanol–water partition coefficient (Wildman–Crippen LogP) is 5.41. The van der Waals surface area contributed by atoms with Crippen molar-refractivity contribution in [3.63, 3.8) is 0 Å². The van der Waals surface area contributed by atoms with Crippen LogP contribution in [0.3, 0.4) is 0 Å². The average molecular weight is 372 g/mol. The van der Waals surface area contributed by atoms with E-state index in [4.69, 9.17) is 10.00 Å². The number of aryl methyl sites for hydroxylation is 1. The van der Waals surface area contributed by atoms with Gasteiger partial charge in [0.2, 0.25) is 0 Å². The molecule has 3 rings (SSSR count). The largest absolute Gasteiger partial charge is 0.494 e. The zero-order chi connectivity index (χ0) is 20.2. The molecule has 28 heavy (non-hydrogen) atoms. The number of unbranched alkanes of at least 4 members (excludes halogenated alkanes) is 1. The first-order valence-electron chi connectivity index (χ1n) is 8.91. The van der Waals surface area contributed by atoms with E-state index in [1.54, 1.807) is 12.3 Å². The molecule has 0 amide bonds. The van der Waals surface area contributed by atoms with Crippen molar-refractivity contribution in [3.05, 3.63) is 83.9 Å². The average Bonchev–Trinajstić information content (AvgIpc) is 2.76. The zero-order valence-corrected chi connectivity index (χ0v) is 15.5. The van der Waals surface area contributed by atoms with E-state index in [1.807, 2.05) is 42.6 Å². The normalized spacial score (nSPS) is 9.64. The summed E-state index contributed by atoms with van der Waals surface area (Å²) < 4.78 is 19.5. The van der Waals surface area contributed by atoms with E-state index < -0.39 is 5.82 Å². The molecule has 0 N–H and O–H groups in total. The zero-order valence-electron chi connectivity index (χ0n) is 15.5. The highest BCUT2D eigenvalue weighted by atomic mass is 19.1. The Hall–Kier alpha value is -3.63. The summed E-state index contributed by atoms with van der Waals surface area (Å²) in [5, 5.41) is 8.79. The molecule has 140 valence electrons. The lowest BCUT2D eigenvalue weighted by molar-refractivity contribution is 0.307. The van der Waals surface area contributed by atoms with Gasteiger partial charge in [0.05, 0.1) is 12.2 Å². The van der Waals surface area contributed by atoms with Crippen LogP contribution < -0.4 is 4.74 Å². The van der Waals surface area contributed by atoms with Crippen molar-refractivity contribution in [1.82, 2.24) is 4.98 Å². The number of nitriles is 1. The van der Waals surface area contributed by atoms with Gasteiger partial charge in [-0.15, -0.1) is 12.8 Å². The van der Waals surface area contributed by atoms with E-state index >= 15 is 0 Å². The Balaban J connectivity index is 0.00000136. The Morgan fingerprint density at radius 3 is 2.39 bits per heavy atom. The Kier molecular flexibility index (Phi) is 8.24. The van der Waals surface area contributed by atoms with Crippen LogP contribution in [0.25, 0.3) is 11.1 Å². The number of benzene rings is 2. The van der Waals surface area contributed by atoms with Crippen molar-refractivity contribution in [1.29, 1.82) is 5.26 Å². The van der Waals surface area contributed by atoms with Crippen molar-refractivity contribution in [2.45, 2.75) is 19.3 Å². The van der Waals surface area contributed by atoms with Crippen LogP contribution in [0.1, 0.15) is 24.0 Å². The van der Waals surface area contributed by atoms with Gasteiger partial charge in [0.1, 0.15) is 17.6 Å². The summed E-state index contributed by atoms with van der Waals surface area (Å²) in [6, 6.07) is 18.0. The minimum Gasteiger partial charge on any atom is -0.494 e. The Bertz CT molecular complexity index is 928. The quantitative estimate of drug-likeness (QED) is 0.411. The molecular formula is C24H21FN2O. The Morgan fingerprint density at radius 1 is 1.00 bits per heavy atom. The second-order valence-corrected chi connectivity index (χ2v) is 6.00. The van der Waals surface area contributed by atoms with Crippen molar-refractivity contribution < 1.29 is 9.13 Å². The van der Waals surface area contributed by atoms with Gasteiger partial charge < -0.3 is 4.74 Å². The molecule has 3 nitrogen and oxygen atoms in total. The highest BCUT2D eigenvalue weighted by Crippen LogP contribution is 2.24. The summed E-state index contributed by atoms with van der Waals surface area (Å²) in [5.41, 5.74) is 2.92. The van der Waals surface area contributed by atoms with Crippen LogP contribution in [0.2, 0.25) is 0 Å². The van der Waals surface area contributed by atoms with Gasteiger partial charge in [-0.05, 0) is 66.3 Å². The molecule has 0 saturated heterocycles. The van der Waals surface area contributed by atoms with Gasteiger partial charge in [-0.25, -0.2) is 4.39 Å². The van der Waals surface area contributed by atoms with Crippen molar-refractivity contribution in [3.8, 4) is 35.8 Å². The number of hydrogen-bond acceptors (Lipinski definition) is 3. The number of rotatable bonds is 7. The van der Waals surface area contributed by atoms with E-state index in [9.17, 15) is 4.39 Å². The maximum atomic E-state index is 13.7. The summed E-state index contributed by atoms with van der Waals surface area (Å²) in [6.07, 6.45) is 14.7. The molecule has 0 aliphatic heterocycles. The van der Waals surface area contributed by atoms with Crippen molar-refractivity contribution in [2.75, 3.05) is 6.61 Å². The second-order valence-electron chi connectivity index (χ2n) is 6.00. The maximum Gasteiger partial charge on any atom is 0.141 e. The molecule has 0 saturated carbocycles. The fraction of sp³-hybridized carbons (Fsp3) is 0.167. The summed E-state index contributed by atoms with van der Waals surface area (Å²) in [4.78, 5) is 4.11. The fourth-order valence-electron chi connectivity index (χ4n) is 2.70. The van der Waals surface area contributed by atoms with Crippen LogP contribution in [0.5, 0.6) is 5.75 Å². The van der Waals surface area contributed by atoms with Crippen LogP contribution in [-0.2, 0) is 6.42 Å². The molecule has 0 bridgehead atoms. The smallest absolute Gasteiger partial charge is 0.141 e. The van der Waals surface area contributed by atoms with E-state index in [-0.39, 0.29) is 5.56 Å². The highest BCUT2D eigenvalue weighted by molar-refractivity contribution is 5.65. The molecule has 0 spiro atoms. The van der Waals surface area contributed by atoms with Gasteiger partial charge >= 0.3 is 0 Å². The third-order valence-electron chi connectivity index (χ3n) is 4.13. The highest BCUT2D eigenvalue weighted by Gasteiger charge is 2.05. The Morgan fingerprint density at radius 2 is 1.75 bits per heavy atom. The monoisotopic (exact) mass is 372 g/mol. The molecule has 3 aromatic rings. The van der Waals surface area contributed by atoms with Crippen LogP contribution >= 0.6 is 0 Å². The van der Waals surface area contributed by atoms with E-state index in [2.05, 4.69) is 23.9 Å². The first-order chi connectivity index (χ1) is 13.8. The van der Waals surface area contributed by atoms with E-state index in [0.29, 0.717) is 6.61 Å². The number of hydrogen-bond donors (Lipinski definition) is 0. The summed E-state index contributed by atoms with van der Waals surface area (Å²) >= 11 is 0. The minimum absolute atomic E-state index is 0.0555. The van der Waals surface area contributed by atoms with Gasteiger partial charge in [0.15, 0.2) is 0 Å². The molecule has 0 aliphatic rings. The van der Waals surface area contributed by atoms with E-state index in [0.717, 1.165) is 36.1 Å². The van der Waals surface area contributed by atoms with Crippen molar-refractivity contribution in [2.24, 2.45) is 0 Å². The third-order valence-corrected chi connectivity index (χ3v) is 4.13. The van der Waals surface area contributed by atoms with Gasteiger partial charge in [-0.1, -0.05) is 24.3 Å². The molecule has 4 heteroatoms. The van der Waals surface area contributed by atoms with Gasteiger partial charge in [0.25, 0.3) is 0 Å². The van der Waals surface area contributed by atoms with Gasteiger partial charge in [0, 0.05) is 12.4 Å². The molecular weight excluding hydrogens is 351 g/mol. The lowest BCUT2D eigenvalue weighted by Crippen LogP contribution is -1.98. The summed E-state index contributed by atoms with van der Waals surface area (Å²) in [6.45, 7) is 0.658. The number of terminal acetylenes is 1. The molecule has 0 atom stereocenters. The molecule has 0 aliphatic carbocycles. The molecule has 0 radical (unpaired) electrons. The predicted molar refractivity (Wildman–Crippen MR) is 109 cm³/mol. The maximum absolute atomic E-state index is 13.7. The number of aromatic nitrogens is 1. The van der Waals surface area contributed by atoms with Gasteiger partial charge in [-0.3, -0.25) is 4.98 Å². The van der Waals surface area contributed by atoms with E-state index in [1.165, 1.54) is 17.7 Å². The number of nitrogens with zero attached hydrogens (tertiary/aromatic N) is 2. The second kappa shape index (κ2) is 11.2. The fourth-order valence-corrected chi connectivity index (χ4v) is 2.70. The molecule has 0 unspecified atom stereocenters. The Labute approximate surface area is 165 Å². The molecule has 1 heterocycles. The minimum atomic E-state index is -0.501. The standard InChI is InChI=1S/C22H19FN2O.C2H2/c23-22-14-19(6-7-20(22)15-24)18-8-10-21(11-9-18)26-13-2-1-4-17-5-3-12-25-16-17;1-2/h3,5-12,14,16H,1-2,4,13H2;1-2H. The number of halogens is 1. The summed E-state index contributed by atoms with van der Waals surface area (Å²) in [7, 11) is 0. The molecule has 1 aromatic heterocycles. The lowest BCUT2D eigenvalue weighted by Gasteiger charge is -2.08. The van der Waals surface area contributed by atoms with Crippen molar-refractivity contribution >= 4 is 0 Å². The molecule has 2 aromatic carbocycles. The topological polar surface area (TPSA) is 45.9 Å². The third kappa shape index (κ3) is 5.97. The SMILES string of the molecule is C#C.N#Cc1ccc(-c2ccc(OCCCCc3cccnc3)cc2)cc1F. The van der Waals surface area contributed by atoms with Crippen LogP contribution in [0.4, 0.5) is 4.39 Å². The summed E-state index contributed by atoms with van der Waals surface area (Å²) in [5.74, 6) is 0.295. The first kappa shape index (κ1) is 20.7. The van der Waals surface area contributed by atoms with Crippen LogP contribution in [-0.4, -0.2) is 11.6 Å². The van der Waals surface area contributed by atoms with Gasteiger partial charge in [-0.2, -0.15) is 5.26 Å². The number of ether oxygens (including phenoxy) is 1.